The summed E-state index contributed by atoms with van der Waals surface area (Å²) in [6, 6.07) is 2.22. The normalized spacial score (nSPS) is 17.9. The summed E-state index contributed by atoms with van der Waals surface area (Å²) in [6.45, 7) is 0. The number of rotatable bonds is 3. The van der Waals surface area contributed by atoms with Crippen LogP contribution in [0.3, 0.4) is 0 Å². The van der Waals surface area contributed by atoms with E-state index in [2.05, 4.69) is 9.98 Å². The van der Waals surface area contributed by atoms with E-state index in [1.165, 1.54) is 30.6 Å². The van der Waals surface area contributed by atoms with Gasteiger partial charge in [-0.2, -0.15) is 0 Å². The predicted molar refractivity (Wildman–Crippen MR) is 58.1 cm³/mol. The summed E-state index contributed by atoms with van der Waals surface area (Å²) >= 11 is 0. The van der Waals surface area contributed by atoms with Crippen molar-refractivity contribution in [1.82, 2.24) is 4.98 Å². The van der Waals surface area contributed by atoms with E-state index in [4.69, 9.17) is 10.2 Å². The smallest absolute Gasteiger partial charge is 0.337 e. The molecule has 0 radical (unpaired) electrons. The van der Waals surface area contributed by atoms with Crippen LogP contribution < -0.4 is 0 Å². The van der Waals surface area contributed by atoms with Crippen molar-refractivity contribution in [2.24, 2.45) is 4.99 Å². The standard InChI is InChI=1S/C11H8N2O4/c14-10(15)6-1-2-12-8(3-6)9-4-7(5-13-9)11(16)17/h1-5,9H,(H,14,15)(H,16,17). The van der Waals surface area contributed by atoms with Crippen LogP contribution in [0.4, 0.5) is 0 Å². The van der Waals surface area contributed by atoms with Gasteiger partial charge in [0.15, 0.2) is 0 Å². The van der Waals surface area contributed by atoms with E-state index in [0.717, 1.165) is 0 Å². The number of aliphatic carboxylic acids is 1. The van der Waals surface area contributed by atoms with Crippen LogP contribution >= 0.6 is 0 Å². The third-order valence-electron chi connectivity index (χ3n) is 2.29. The van der Waals surface area contributed by atoms with E-state index in [9.17, 15) is 9.59 Å². The minimum atomic E-state index is -1.06. The van der Waals surface area contributed by atoms with Crippen LogP contribution in [0.25, 0.3) is 0 Å². The van der Waals surface area contributed by atoms with Crippen LogP contribution in [0.2, 0.25) is 0 Å². The summed E-state index contributed by atoms with van der Waals surface area (Å²) in [5.41, 5.74) is 0.595. The SMILES string of the molecule is O=C(O)C1=CC(c2cc(C(=O)O)ccn2)N=C1. The average molecular weight is 232 g/mol. The molecule has 0 fully saturated rings. The zero-order chi connectivity index (χ0) is 12.4. The van der Waals surface area contributed by atoms with Crippen LogP contribution in [-0.4, -0.2) is 33.4 Å². The number of aliphatic imine (C=N–C) groups is 1. The van der Waals surface area contributed by atoms with E-state index in [0.29, 0.717) is 5.69 Å². The molecular formula is C11H8N2O4. The Morgan fingerprint density at radius 3 is 2.59 bits per heavy atom. The number of pyridine rings is 1. The molecule has 0 bridgehead atoms. The first-order chi connectivity index (χ1) is 8.08. The van der Waals surface area contributed by atoms with Crippen molar-refractivity contribution in [3.63, 3.8) is 0 Å². The molecule has 0 saturated heterocycles. The van der Waals surface area contributed by atoms with Gasteiger partial charge in [-0.15, -0.1) is 0 Å². The second-order valence-electron chi connectivity index (χ2n) is 3.42. The Balaban J connectivity index is 2.31. The van der Waals surface area contributed by atoms with Crippen LogP contribution in [0.5, 0.6) is 0 Å². The summed E-state index contributed by atoms with van der Waals surface area (Å²) < 4.78 is 0. The quantitative estimate of drug-likeness (QED) is 0.806. The van der Waals surface area contributed by atoms with Crippen molar-refractivity contribution in [2.45, 2.75) is 6.04 Å². The lowest BCUT2D eigenvalue weighted by Gasteiger charge is -2.04. The van der Waals surface area contributed by atoms with E-state index in [1.807, 2.05) is 0 Å². The van der Waals surface area contributed by atoms with Gasteiger partial charge in [-0.3, -0.25) is 9.98 Å². The molecule has 1 atom stereocenters. The van der Waals surface area contributed by atoms with E-state index in [1.54, 1.807) is 0 Å². The van der Waals surface area contributed by atoms with Crippen molar-refractivity contribution < 1.29 is 19.8 Å². The molecule has 2 rings (SSSR count). The highest BCUT2D eigenvalue weighted by atomic mass is 16.4. The van der Waals surface area contributed by atoms with E-state index < -0.39 is 18.0 Å². The number of carboxylic acids is 2. The average Bonchev–Trinajstić information content (AvgIpc) is 2.78. The summed E-state index contributed by atoms with van der Waals surface area (Å²) in [6.07, 6.45) is 4.03. The van der Waals surface area contributed by atoms with Gasteiger partial charge in [-0.1, -0.05) is 0 Å². The Morgan fingerprint density at radius 1 is 1.24 bits per heavy atom. The molecule has 17 heavy (non-hydrogen) atoms. The third kappa shape index (κ3) is 2.20. The van der Waals surface area contributed by atoms with Gasteiger partial charge < -0.3 is 10.2 Å². The number of carboxylic acid groups (broad SMARTS) is 2. The molecule has 0 aromatic carbocycles. The van der Waals surface area contributed by atoms with Gasteiger partial charge in [0.25, 0.3) is 0 Å². The van der Waals surface area contributed by atoms with E-state index >= 15 is 0 Å². The van der Waals surface area contributed by atoms with Crippen LogP contribution in [0, 0.1) is 0 Å². The highest BCUT2D eigenvalue weighted by molar-refractivity contribution is 6.09. The number of nitrogens with zero attached hydrogens (tertiary/aromatic N) is 2. The summed E-state index contributed by atoms with van der Waals surface area (Å²) in [7, 11) is 0. The predicted octanol–water partition coefficient (Wildman–Crippen LogP) is 0.916. The van der Waals surface area contributed by atoms with Crippen molar-refractivity contribution in [1.29, 1.82) is 0 Å². The Morgan fingerprint density at radius 2 is 2.00 bits per heavy atom. The molecule has 0 aliphatic carbocycles. The lowest BCUT2D eigenvalue weighted by atomic mass is 10.1. The fraction of sp³-hybridized carbons (Fsp3) is 0.0909. The zero-order valence-corrected chi connectivity index (χ0v) is 8.57. The van der Waals surface area contributed by atoms with Gasteiger partial charge in [0.1, 0.15) is 6.04 Å². The Labute approximate surface area is 96.0 Å². The van der Waals surface area contributed by atoms with Crippen LogP contribution in [-0.2, 0) is 4.79 Å². The molecule has 1 unspecified atom stereocenters. The Hall–Kier alpha value is -2.50. The lowest BCUT2D eigenvalue weighted by Crippen LogP contribution is -2.01. The molecule has 86 valence electrons. The number of hydrogen-bond acceptors (Lipinski definition) is 4. The highest BCUT2D eigenvalue weighted by Crippen LogP contribution is 2.23. The minimum absolute atomic E-state index is 0.0810. The summed E-state index contributed by atoms with van der Waals surface area (Å²) in [4.78, 5) is 29.4. The summed E-state index contributed by atoms with van der Waals surface area (Å²) in [5.74, 6) is -2.12. The van der Waals surface area contributed by atoms with Crippen LogP contribution in [0.15, 0.2) is 35.0 Å². The number of aromatic nitrogens is 1. The first-order valence-electron chi connectivity index (χ1n) is 4.75. The maximum Gasteiger partial charge on any atom is 0.337 e. The fourth-order valence-corrected chi connectivity index (χ4v) is 1.45. The molecule has 1 aromatic heterocycles. The van der Waals surface area contributed by atoms with Gasteiger partial charge in [0.05, 0.1) is 16.8 Å². The molecule has 2 heterocycles. The molecule has 0 saturated carbocycles. The highest BCUT2D eigenvalue weighted by Gasteiger charge is 2.19. The van der Waals surface area contributed by atoms with Gasteiger partial charge in [0.2, 0.25) is 0 Å². The van der Waals surface area contributed by atoms with Crippen molar-refractivity contribution >= 4 is 18.2 Å². The Kier molecular flexibility index (Phi) is 2.70. The first-order valence-corrected chi connectivity index (χ1v) is 4.75. The largest absolute Gasteiger partial charge is 0.478 e. The zero-order valence-electron chi connectivity index (χ0n) is 8.57. The van der Waals surface area contributed by atoms with Gasteiger partial charge in [-0.05, 0) is 18.2 Å². The molecule has 0 spiro atoms. The second-order valence-corrected chi connectivity index (χ2v) is 3.42. The van der Waals surface area contributed by atoms with Crippen LogP contribution in [0.1, 0.15) is 22.1 Å². The first kappa shape index (κ1) is 11.0. The number of carbonyl (C=O) groups is 2. The molecule has 2 N–H and O–H groups in total. The van der Waals surface area contributed by atoms with Gasteiger partial charge >= 0.3 is 11.9 Å². The van der Waals surface area contributed by atoms with Gasteiger partial charge in [-0.25, -0.2) is 9.59 Å². The van der Waals surface area contributed by atoms with Crippen molar-refractivity contribution in [3.05, 3.63) is 41.2 Å². The molecule has 6 heteroatoms. The number of hydrogen-bond donors (Lipinski definition) is 2. The molecule has 1 aromatic rings. The van der Waals surface area contributed by atoms with Crippen molar-refractivity contribution in [3.8, 4) is 0 Å². The maximum absolute atomic E-state index is 10.8. The van der Waals surface area contributed by atoms with Crippen molar-refractivity contribution in [2.75, 3.05) is 0 Å². The molecule has 6 nitrogen and oxygen atoms in total. The molecule has 1 aliphatic heterocycles. The minimum Gasteiger partial charge on any atom is -0.478 e. The molecule has 0 amide bonds. The molecular weight excluding hydrogens is 224 g/mol. The van der Waals surface area contributed by atoms with Gasteiger partial charge in [0, 0.05) is 12.4 Å². The maximum atomic E-state index is 10.8. The fourth-order valence-electron chi connectivity index (χ4n) is 1.45. The monoisotopic (exact) mass is 232 g/mol. The Bertz CT molecular complexity index is 548. The second kappa shape index (κ2) is 4.17. The van der Waals surface area contributed by atoms with E-state index in [-0.39, 0.29) is 11.1 Å². The lowest BCUT2D eigenvalue weighted by molar-refractivity contribution is -0.132. The molecule has 1 aliphatic rings. The topological polar surface area (TPSA) is 99.8 Å². The third-order valence-corrected chi connectivity index (χ3v) is 2.29. The summed E-state index contributed by atoms with van der Waals surface area (Å²) in [5, 5.41) is 17.6. The number of aromatic carboxylic acids is 1.